The predicted molar refractivity (Wildman–Crippen MR) is 133 cm³/mol. The highest BCUT2D eigenvalue weighted by Gasteiger charge is 2.32. The molecule has 0 fully saturated rings. The van der Waals surface area contributed by atoms with Crippen LogP contribution in [0.5, 0.6) is 5.75 Å². The first-order chi connectivity index (χ1) is 15.9. The summed E-state index contributed by atoms with van der Waals surface area (Å²) in [5, 5.41) is 6.48. The van der Waals surface area contributed by atoms with Gasteiger partial charge in [-0.1, -0.05) is 24.3 Å². The topological polar surface area (TPSA) is 70.7 Å². The van der Waals surface area contributed by atoms with Crippen molar-refractivity contribution in [1.82, 2.24) is 0 Å². The number of nitrogens with zero attached hydrogens (tertiary/aromatic N) is 1. The first-order valence-electron chi connectivity index (χ1n) is 11.1. The molecule has 4 rings (SSSR count). The Bertz CT molecular complexity index is 1190. The van der Waals surface area contributed by atoms with Crippen LogP contribution in [-0.4, -0.2) is 25.0 Å². The van der Waals surface area contributed by atoms with Crippen LogP contribution >= 0.6 is 0 Å². The molecule has 2 N–H and O–H groups in total. The Morgan fingerprint density at radius 1 is 0.939 bits per heavy atom. The molecule has 2 atom stereocenters. The number of carbonyl (C=O) groups excluding carboxylic acids is 2. The zero-order valence-corrected chi connectivity index (χ0v) is 19.4. The van der Waals surface area contributed by atoms with Gasteiger partial charge < -0.3 is 20.3 Å². The molecule has 0 bridgehead atoms. The predicted octanol–water partition coefficient (Wildman–Crippen LogP) is 5.62. The highest BCUT2D eigenvalue weighted by atomic mass is 16.5. The van der Waals surface area contributed by atoms with Crippen molar-refractivity contribution in [2.45, 2.75) is 39.3 Å². The summed E-state index contributed by atoms with van der Waals surface area (Å²) in [5.41, 5.74) is 5.72. The first-order valence-corrected chi connectivity index (χ1v) is 11.1. The minimum atomic E-state index is -0.105. The third-order valence-electron chi connectivity index (χ3n) is 5.95. The average Bonchev–Trinajstić information content (AvgIpc) is 2.78. The van der Waals surface area contributed by atoms with Crippen molar-refractivity contribution in [3.8, 4) is 16.9 Å². The van der Waals surface area contributed by atoms with Gasteiger partial charge in [0, 0.05) is 43.0 Å². The van der Waals surface area contributed by atoms with Gasteiger partial charge in [-0.2, -0.15) is 0 Å². The molecule has 2 unspecified atom stereocenters. The average molecular weight is 444 g/mol. The second-order valence-electron chi connectivity index (χ2n) is 8.44. The molecule has 0 radical (unpaired) electrons. The lowest BCUT2D eigenvalue weighted by molar-refractivity contribution is -0.117. The van der Waals surface area contributed by atoms with E-state index < -0.39 is 0 Å². The SMILES string of the molecule is COc1cccc(NC2CC(C)N(C(C)=O)c3ccc(-c4cccc(NC(C)=O)c4)cc32)c1. The highest BCUT2D eigenvalue weighted by Crippen LogP contribution is 2.41. The summed E-state index contributed by atoms with van der Waals surface area (Å²) in [6.45, 7) is 5.19. The molecule has 33 heavy (non-hydrogen) atoms. The second-order valence-corrected chi connectivity index (χ2v) is 8.44. The van der Waals surface area contributed by atoms with E-state index in [0.717, 1.165) is 45.9 Å². The van der Waals surface area contributed by atoms with Gasteiger partial charge in [0.15, 0.2) is 0 Å². The van der Waals surface area contributed by atoms with Crippen molar-refractivity contribution in [2.75, 3.05) is 22.6 Å². The van der Waals surface area contributed by atoms with E-state index >= 15 is 0 Å². The molecule has 1 heterocycles. The van der Waals surface area contributed by atoms with E-state index in [1.54, 1.807) is 14.0 Å². The summed E-state index contributed by atoms with van der Waals surface area (Å²) in [6, 6.07) is 21.9. The van der Waals surface area contributed by atoms with Crippen molar-refractivity contribution in [3.63, 3.8) is 0 Å². The fourth-order valence-electron chi connectivity index (χ4n) is 4.55. The van der Waals surface area contributed by atoms with Crippen molar-refractivity contribution < 1.29 is 14.3 Å². The zero-order valence-electron chi connectivity index (χ0n) is 19.4. The number of ether oxygens (including phenoxy) is 1. The number of nitrogens with one attached hydrogen (secondary N) is 2. The van der Waals surface area contributed by atoms with Gasteiger partial charge in [-0.3, -0.25) is 9.59 Å². The molecule has 170 valence electrons. The molecular weight excluding hydrogens is 414 g/mol. The first kappa shape index (κ1) is 22.4. The summed E-state index contributed by atoms with van der Waals surface area (Å²) in [7, 11) is 1.66. The van der Waals surface area contributed by atoms with Crippen LogP contribution in [-0.2, 0) is 9.59 Å². The summed E-state index contributed by atoms with van der Waals surface area (Å²) >= 11 is 0. The highest BCUT2D eigenvalue weighted by molar-refractivity contribution is 5.94. The van der Waals surface area contributed by atoms with Crippen LogP contribution in [0.25, 0.3) is 11.1 Å². The van der Waals surface area contributed by atoms with Crippen LogP contribution in [0.3, 0.4) is 0 Å². The lowest BCUT2D eigenvalue weighted by Gasteiger charge is -2.39. The van der Waals surface area contributed by atoms with E-state index in [1.165, 1.54) is 6.92 Å². The van der Waals surface area contributed by atoms with Gasteiger partial charge in [-0.05, 0) is 66.4 Å². The number of methoxy groups -OCH3 is 1. The number of amides is 2. The van der Waals surface area contributed by atoms with E-state index in [1.807, 2.05) is 65.6 Å². The molecule has 6 nitrogen and oxygen atoms in total. The van der Waals surface area contributed by atoms with Gasteiger partial charge in [-0.25, -0.2) is 0 Å². The zero-order chi connectivity index (χ0) is 23.5. The Morgan fingerprint density at radius 3 is 2.39 bits per heavy atom. The van der Waals surface area contributed by atoms with Crippen molar-refractivity contribution in [3.05, 3.63) is 72.3 Å². The van der Waals surface area contributed by atoms with Crippen molar-refractivity contribution >= 4 is 28.9 Å². The maximum Gasteiger partial charge on any atom is 0.224 e. The molecule has 0 spiro atoms. The molecule has 1 aliphatic heterocycles. The molecule has 0 aliphatic carbocycles. The number of fused-ring (bicyclic) bond motifs is 1. The number of hydrogen-bond acceptors (Lipinski definition) is 4. The summed E-state index contributed by atoms with van der Waals surface area (Å²) in [6.07, 6.45) is 0.777. The Morgan fingerprint density at radius 2 is 1.67 bits per heavy atom. The number of carbonyl (C=O) groups is 2. The quantitative estimate of drug-likeness (QED) is 0.537. The van der Waals surface area contributed by atoms with E-state index in [4.69, 9.17) is 4.74 Å². The number of benzene rings is 3. The van der Waals surface area contributed by atoms with Crippen LogP contribution in [0.15, 0.2) is 66.7 Å². The molecule has 0 saturated heterocycles. The lowest BCUT2D eigenvalue weighted by Crippen LogP contribution is -2.43. The Balaban J connectivity index is 1.75. The molecule has 3 aromatic rings. The maximum atomic E-state index is 12.5. The van der Waals surface area contributed by atoms with Gasteiger partial charge >= 0.3 is 0 Å². The Kier molecular flexibility index (Phi) is 6.36. The number of hydrogen-bond donors (Lipinski definition) is 2. The van der Waals surface area contributed by atoms with Crippen LogP contribution in [0.1, 0.15) is 38.8 Å². The van der Waals surface area contributed by atoms with Crippen LogP contribution in [0.2, 0.25) is 0 Å². The minimum absolute atomic E-state index is 0.0242. The van der Waals surface area contributed by atoms with E-state index in [-0.39, 0.29) is 23.9 Å². The van der Waals surface area contributed by atoms with Gasteiger partial charge in [-0.15, -0.1) is 0 Å². The van der Waals surface area contributed by atoms with Gasteiger partial charge in [0.25, 0.3) is 0 Å². The molecule has 1 aliphatic rings. The molecule has 0 aromatic heterocycles. The monoisotopic (exact) mass is 443 g/mol. The third kappa shape index (κ3) is 4.85. The van der Waals surface area contributed by atoms with Crippen LogP contribution in [0, 0.1) is 0 Å². The Hall–Kier alpha value is -3.80. The molecular formula is C27H29N3O3. The fourth-order valence-corrected chi connectivity index (χ4v) is 4.55. The maximum absolute atomic E-state index is 12.5. The summed E-state index contributed by atoms with van der Waals surface area (Å²) in [4.78, 5) is 25.8. The van der Waals surface area contributed by atoms with Crippen molar-refractivity contribution in [2.24, 2.45) is 0 Å². The molecule has 0 saturated carbocycles. The van der Waals surface area contributed by atoms with E-state index in [9.17, 15) is 9.59 Å². The molecule has 6 heteroatoms. The molecule has 3 aromatic carbocycles. The second kappa shape index (κ2) is 9.36. The minimum Gasteiger partial charge on any atom is -0.497 e. The smallest absolute Gasteiger partial charge is 0.224 e. The standard InChI is InChI=1S/C27H29N3O3/c1-17-13-26(29-23-9-6-10-24(16-23)33-4)25-15-21(11-12-27(25)30(17)19(3)32)20-7-5-8-22(14-20)28-18(2)31/h5-12,14-17,26,29H,13H2,1-4H3,(H,28,31). The van der Waals surface area contributed by atoms with Crippen LogP contribution in [0.4, 0.5) is 17.1 Å². The van der Waals surface area contributed by atoms with Gasteiger partial charge in [0.2, 0.25) is 11.8 Å². The van der Waals surface area contributed by atoms with Gasteiger partial charge in [0.1, 0.15) is 5.75 Å². The largest absolute Gasteiger partial charge is 0.497 e. The van der Waals surface area contributed by atoms with Crippen molar-refractivity contribution in [1.29, 1.82) is 0 Å². The molecule has 2 amide bonds. The van der Waals surface area contributed by atoms with E-state index in [0.29, 0.717) is 0 Å². The van der Waals surface area contributed by atoms with Crippen LogP contribution < -0.4 is 20.3 Å². The number of anilines is 3. The summed E-state index contributed by atoms with van der Waals surface area (Å²) in [5.74, 6) is 0.716. The fraction of sp³-hybridized carbons (Fsp3) is 0.259. The lowest BCUT2D eigenvalue weighted by atomic mass is 9.88. The third-order valence-corrected chi connectivity index (χ3v) is 5.95. The normalized spacial score (nSPS) is 17.2. The van der Waals surface area contributed by atoms with Gasteiger partial charge in [0.05, 0.1) is 13.2 Å². The van der Waals surface area contributed by atoms with E-state index in [2.05, 4.69) is 23.6 Å². The Labute approximate surface area is 194 Å². The number of rotatable bonds is 5. The summed E-state index contributed by atoms with van der Waals surface area (Å²) < 4.78 is 5.38.